The Labute approximate surface area is 216 Å². The molecule has 4 rings (SSSR count). The molecule has 0 amide bonds. The quantitative estimate of drug-likeness (QED) is 0.182. The summed E-state index contributed by atoms with van der Waals surface area (Å²) in [5.74, 6) is 0. The summed E-state index contributed by atoms with van der Waals surface area (Å²) in [6, 6.07) is 38.7. The third kappa shape index (κ3) is 5.87. The van der Waals surface area contributed by atoms with Crippen LogP contribution in [-0.2, 0) is 0 Å². The van der Waals surface area contributed by atoms with Gasteiger partial charge in [0, 0.05) is 0 Å². The summed E-state index contributed by atoms with van der Waals surface area (Å²) in [5, 5.41) is 0. The number of hydrogen-bond acceptors (Lipinski definition) is 4. The number of aryl methyl sites for hydroxylation is 2. The van der Waals surface area contributed by atoms with E-state index in [1.807, 2.05) is 20.2 Å². The Hall–Kier alpha value is -1.70. The second kappa shape index (κ2) is 11.2. The van der Waals surface area contributed by atoms with Gasteiger partial charge in [-0.15, -0.1) is 0 Å². The van der Waals surface area contributed by atoms with Crippen LogP contribution in [-0.4, -0.2) is 19.4 Å². The molecule has 0 N–H and O–H groups in total. The summed E-state index contributed by atoms with van der Waals surface area (Å²) >= 11 is 12.1. The summed E-state index contributed by atoms with van der Waals surface area (Å²) in [7, 11) is 0.542. The molecule has 0 fully saturated rings. The molecule has 4 aromatic carbocycles. The topological polar surface area (TPSA) is 0 Å². The van der Waals surface area contributed by atoms with Gasteiger partial charge in [-0.05, 0) is 0 Å². The molecule has 5 heteroatoms. The maximum absolute atomic E-state index is 6.05. The number of thiocarbonyl (C=S) groups is 2. The van der Waals surface area contributed by atoms with Crippen molar-refractivity contribution < 1.29 is 0 Å². The minimum absolute atomic E-state index is 0.932. The van der Waals surface area contributed by atoms with Crippen LogP contribution in [0.4, 0.5) is 0 Å². The van der Waals surface area contributed by atoms with Gasteiger partial charge in [0.15, 0.2) is 0 Å². The van der Waals surface area contributed by atoms with Crippen molar-refractivity contribution in [2.24, 2.45) is 0 Å². The average molecular weight is 561 g/mol. The molecule has 0 spiro atoms. The van der Waals surface area contributed by atoms with E-state index in [2.05, 4.69) is 123 Å². The predicted octanol–water partition coefficient (Wildman–Crippen LogP) is 7.08. The zero-order valence-corrected chi connectivity index (χ0v) is 23.9. The van der Waals surface area contributed by atoms with Gasteiger partial charge in [-0.2, -0.15) is 0 Å². The molecule has 0 saturated carbocycles. The van der Waals surface area contributed by atoms with Crippen LogP contribution in [0.25, 0.3) is 0 Å². The van der Waals surface area contributed by atoms with Crippen LogP contribution in [0.5, 0.6) is 0 Å². The molecule has 33 heavy (non-hydrogen) atoms. The fraction of sp³-hybridized carbons (Fsp3) is 0.0714. The molecule has 0 aliphatic carbocycles. The Bertz CT molecular complexity index is 1130. The SMILES string of the molecule is Cc1ccc(C(=S)[S][Ge]([S]C(=S)c2ccc(C)cc2)([c]2ccccc2)[c]2ccccc2)cc1. The summed E-state index contributed by atoms with van der Waals surface area (Å²) in [5.41, 5.74) is 4.68. The number of benzene rings is 4. The van der Waals surface area contributed by atoms with Crippen molar-refractivity contribution in [1.29, 1.82) is 0 Å². The molecule has 0 aliphatic heterocycles. The van der Waals surface area contributed by atoms with Gasteiger partial charge < -0.3 is 0 Å². The van der Waals surface area contributed by atoms with E-state index >= 15 is 0 Å². The fourth-order valence-electron chi connectivity index (χ4n) is 3.50. The van der Waals surface area contributed by atoms with Crippen molar-refractivity contribution in [3.63, 3.8) is 0 Å². The van der Waals surface area contributed by atoms with Crippen molar-refractivity contribution in [1.82, 2.24) is 0 Å². The third-order valence-electron chi connectivity index (χ3n) is 5.36. The molecule has 0 radical (unpaired) electrons. The Kier molecular flexibility index (Phi) is 8.26. The van der Waals surface area contributed by atoms with Crippen LogP contribution < -0.4 is 8.79 Å². The van der Waals surface area contributed by atoms with E-state index in [0.29, 0.717) is 0 Å². The molecule has 0 atom stereocenters. The zero-order chi connectivity index (χ0) is 23.3. The Morgan fingerprint density at radius 3 is 1.18 bits per heavy atom. The number of rotatable bonds is 6. The van der Waals surface area contributed by atoms with Gasteiger partial charge in [0.2, 0.25) is 0 Å². The van der Waals surface area contributed by atoms with E-state index in [-0.39, 0.29) is 0 Å². The normalized spacial score (nSPS) is 11.2. The van der Waals surface area contributed by atoms with Crippen LogP contribution in [0.3, 0.4) is 0 Å². The van der Waals surface area contributed by atoms with Crippen LogP contribution in [0.15, 0.2) is 109 Å². The van der Waals surface area contributed by atoms with E-state index < -0.39 is 11.0 Å². The van der Waals surface area contributed by atoms with Crippen LogP contribution in [0.1, 0.15) is 22.3 Å². The first-order chi connectivity index (χ1) is 16.0. The second-order valence-corrected chi connectivity index (χ2v) is 25.7. The fourth-order valence-corrected chi connectivity index (χ4v) is 28.3. The van der Waals surface area contributed by atoms with Crippen molar-refractivity contribution >= 4 is 72.8 Å². The molecule has 0 aromatic heterocycles. The van der Waals surface area contributed by atoms with Gasteiger partial charge in [0.05, 0.1) is 0 Å². The Morgan fingerprint density at radius 1 is 0.515 bits per heavy atom. The molecular formula is C28H24GeS4. The van der Waals surface area contributed by atoms with Gasteiger partial charge in [-0.1, -0.05) is 0 Å². The maximum atomic E-state index is 6.05. The standard InChI is InChI=1S/C28H24GeS4/c1-21-13-17-23(18-14-21)27(30)32-29(25-9-5-3-6-10-25,26-11-7-4-8-12-26)33-28(31)24-19-15-22(2)16-20-24/h3-20H,1-2H3. The molecule has 0 bridgehead atoms. The van der Waals surface area contributed by atoms with Crippen molar-refractivity contribution in [3.8, 4) is 0 Å². The van der Waals surface area contributed by atoms with Crippen LogP contribution >= 0.6 is 44.6 Å². The molecule has 0 nitrogen and oxygen atoms in total. The van der Waals surface area contributed by atoms with Crippen molar-refractivity contribution in [2.45, 2.75) is 13.8 Å². The zero-order valence-electron chi connectivity index (χ0n) is 18.5. The minimum atomic E-state index is -3.21. The molecular weight excluding hydrogens is 537 g/mol. The van der Waals surface area contributed by atoms with E-state index in [9.17, 15) is 0 Å². The van der Waals surface area contributed by atoms with Gasteiger partial charge in [0.1, 0.15) is 0 Å². The first kappa shape index (κ1) is 24.4. The number of hydrogen-bond donors (Lipinski definition) is 0. The molecule has 164 valence electrons. The summed E-state index contributed by atoms with van der Waals surface area (Å²) < 4.78 is 4.56. The Balaban J connectivity index is 1.83. The van der Waals surface area contributed by atoms with Crippen molar-refractivity contribution in [2.75, 3.05) is 0 Å². The second-order valence-electron chi connectivity index (χ2n) is 7.86. The molecule has 0 heterocycles. The third-order valence-corrected chi connectivity index (χ3v) is 27.9. The van der Waals surface area contributed by atoms with Crippen LogP contribution in [0.2, 0.25) is 0 Å². The molecule has 0 unspecified atom stereocenters. The molecule has 0 saturated heterocycles. The Morgan fingerprint density at radius 2 is 0.848 bits per heavy atom. The predicted molar refractivity (Wildman–Crippen MR) is 159 cm³/mol. The average Bonchev–Trinajstić information content (AvgIpc) is 2.85. The first-order valence-corrected chi connectivity index (χ1v) is 20.4. The van der Waals surface area contributed by atoms with Crippen LogP contribution in [0, 0.1) is 13.8 Å². The van der Waals surface area contributed by atoms with E-state index in [1.165, 1.54) is 19.9 Å². The van der Waals surface area contributed by atoms with Gasteiger partial charge in [-0.3, -0.25) is 0 Å². The molecule has 0 aliphatic rings. The van der Waals surface area contributed by atoms with E-state index in [0.717, 1.165) is 19.5 Å². The van der Waals surface area contributed by atoms with E-state index in [1.54, 1.807) is 0 Å². The first-order valence-electron chi connectivity index (χ1n) is 10.7. The van der Waals surface area contributed by atoms with Gasteiger partial charge in [-0.25, -0.2) is 0 Å². The summed E-state index contributed by atoms with van der Waals surface area (Å²) in [6.45, 7) is 4.21. The summed E-state index contributed by atoms with van der Waals surface area (Å²) in [6.07, 6.45) is 0. The molecule has 4 aromatic rings. The van der Waals surface area contributed by atoms with Gasteiger partial charge >= 0.3 is 218 Å². The van der Waals surface area contributed by atoms with Gasteiger partial charge in [0.25, 0.3) is 0 Å². The monoisotopic (exact) mass is 562 g/mol. The van der Waals surface area contributed by atoms with Crippen molar-refractivity contribution in [3.05, 3.63) is 131 Å². The van der Waals surface area contributed by atoms with E-state index in [4.69, 9.17) is 24.4 Å². The summed E-state index contributed by atoms with van der Waals surface area (Å²) in [4.78, 5) is 0.